The summed E-state index contributed by atoms with van der Waals surface area (Å²) in [7, 11) is 0. The molecule has 4 N–H and O–H groups in total. The van der Waals surface area contributed by atoms with E-state index in [9.17, 15) is 5.11 Å². The monoisotopic (exact) mass is 349 g/mol. The van der Waals surface area contributed by atoms with Gasteiger partial charge in [-0.05, 0) is 28.9 Å². The number of hydrogen-bond donors (Lipinski definition) is 4. The Morgan fingerprint density at radius 1 is 0.760 bits per heavy atom. The molecular formula is C18H27N3O4. The van der Waals surface area contributed by atoms with E-state index < -0.39 is 0 Å². The number of phenolic OH excluding ortho intramolecular Hbond substituents is 1. The van der Waals surface area contributed by atoms with Gasteiger partial charge in [0.2, 0.25) is 18.2 Å². The Morgan fingerprint density at radius 2 is 0.960 bits per heavy atom. The molecule has 0 bridgehead atoms. The Balaban J connectivity index is -0.000000451. The quantitative estimate of drug-likeness (QED) is 0.414. The van der Waals surface area contributed by atoms with Gasteiger partial charge in [0.05, 0.1) is 0 Å². The summed E-state index contributed by atoms with van der Waals surface area (Å²) in [5, 5.41) is 26.6. The van der Waals surface area contributed by atoms with Crippen LogP contribution in [0.15, 0.2) is 12.1 Å². The highest BCUT2D eigenvalue weighted by atomic mass is 16.3. The first-order valence-corrected chi connectivity index (χ1v) is 7.24. The molecule has 0 amide bonds. The van der Waals surface area contributed by atoms with Crippen molar-refractivity contribution in [1.82, 2.24) is 0 Å². The van der Waals surface area contributed by atoms with Crippen molar-refractivity contribution in [2.24, 2.45) is 0 Å². The fourth-order valence-corrected chi connectivity index (χ4v) is 1.92. The SMILES string of the molecule is Cc1cc(C(C)(C)C)c(O)c(C(C)(C)C)c1.N=C=O.N=C=O.N=C=O. The number of hydrogen-bond acceptors (Lipinski definition) is 7. The van der Waals surface area contributed by atoms with E-state index in [1.165, 1.54) is 5.56 Å². The molecule has 0 atom stereocenters. The number of isocyanates is 3. The van der Waals surface area contributed by atoms with Gasteiger partial charge in [-0.1, -0.05) is 59.2 Å². The van der Waals surface area contributed by atoms with Gasteiger partial charge in [-0.2, -0.15) is 0 Å². The Hall–Kier alpha value is -2.84. The van der Waals surface area contributed by atoms with Crippen LogP contribution in [0.2, 0.25) is 0 Å². The van der Waals surface area contributed by atoms with Crippen molar-refractivity contribution in [3.8, 4) is 5.75 Å². The third kappa shape index (κ3) is 12.3. The van der Waals surface area contributed by atoms with E-state index >= 15 is 0 Å². The lowest BCUT2D eigenvalue weighted by Gasteiger charge is -2.27. The van der Waals surface area contributed by atoms with E-state index in [0.717, 1.165) is 29.4 Å². The third-order valence-corrected chi connectivity index (χ3v) is 2.87. The van der Waals surface area contributed by atoms with Gasteiger partial charge in [-0.15, -0.1) is 0 Å². The van der Waals surface area contributed by atoms with Gasteiger partial charge < -0.3 is 5.11 Å². The maximum absolute atomic E-state index is 10.4. The summed E-state index contributed by atoms with van der Waals surface area (Å²) in [5.74, 6) is 0.464. The number of aryl methyl sites for hydroxylation is 1. The van der Waals surface area contributed by atoms with Gasteiger partial charge in [0, 0.05) is 0 Å². The molecule has 0 aromatic heterocycles. The van der Waals surface area contributed by atoms with Gasteiger partial charge in [-0.3, -0.25) is 0 Å². The number of benzene rings is 1. The molecule has 0 aliphatic rings. The summed E-state index contributed by atoms with van der Waals surface area (Å²) in [6.45, 7) is 14.9. The van der Waals surface area contributed by atoms with Crippen molar-refractivity contribution in [1.29, 1.82) is 16.2 Å². The number of phenols is 1. The lowest BCUT2D eigenvalue weighted by Crippen LogP contribution is -2.17. The Labute approximate surface area is 148 Å². The van der Waals surface area contributed by atoms with Crippen LogP contribution in [0.3, 0.4) is 0 Å². The number of nitrogens with one attached hydrogen (secondary N) is 3. The molecule has 25 heavy (non-hydrogen) atoms. The summed E-state index contributed by atoms with van der Waals surface area (Å²) in [6, 6.07) is 4.18. The molecule has 0 aliphatic carbocycles. The van der Waals surface area contributed by atoms with Crippen molar-refractivity contribution >= 4 is 18.2 Å². The lowest BCUT2D eigenvalue weighted by molar-refractivity contribution is 0.423. The molecule has 0 radical (unpaired) electrons. The number of carbonyl (C=O) groups excluding carboxylic acids is 3. The molecule has 0 fully saturated rings. The van der Waals surface area contributed by atoms with E-state index in [2.05, 4.69) is 60.6 Å². The zero-order valence-corrected chi connectivity index (χ0v) is 15.8. The second-order valence-corrected chi connectivity index (χ2v) is 7.01. The van der Waals surface area contributed by atoms with Gasteiger partial charge in [0.1, 0.15) is 5.75 Å². The van der Waals surface area contributed by atoms with E-state index in [-0.39, 0.29) is 10.8 Å². The first kappa shape index (κ1) is 27.0. The molecule has 0 heterocycles. The molecule has 7 nitrogen and oxygen atoms in total. The largest absolute Gasteiger partial charge is 0.507 e. The van der Waals surface area contributed by atoms with E-state index in [0.29, 0.717) is 5.75 Å². The molecule has 0 saturated carbocycles. The maximum atomic E-state index is 10.4. The van der Waals surface area contributed by atoms with Crippen LogP contribution in [0.1, 0.15) is 58.2 Å². The second kappa shape index (κ2) is 12.6. The van der Waals surface area contributed by atoms with Crippen LogP contribution < -0.4 is 0 Å². The van der Waals surface area contributed by atoms with Crippen LogP contribution in [0, 0.1) is 23.2 Å². The van der Waals surface area contributed by atoms with Crippen LogP contribution in [-0.4, -0.2) is 23.3 Å². The third-order valence-electron chi connectivity index (χ3n) is 2.87. The lowest BCUT2D eigenvalue weighted by atomic mass is 9.78. The summed E-state index contributed by atoms with van der Waals surface area (Å²) >= 11 is 0. The van der Waals surface area contributed by atoms with Crippen LogP contribution in [0.4, 0.5) is 0 Å². The van der Waals surface area contributed by atoms with Gasteiger partial charge in [0.25, 0.3) is 0 Å². The molecule has 7 heteroatoms. The Bertz CT molecular complexity index is 572. The van der Waals surface area contributed by atoms with Crippen LogP contribution in [-0.2, 0) is 25.2 Å². The summed E-state index contributed by atoms with van der Waals surface area (Å²) in [4.78, 5) is 25.0. The average molecular weight is 349 g/mol. The minimum atomic E-state index is -0.0178. The fourth-order valence-electron chi connectivity index (χ4n) is 1.92. The van der Waals surface area contributed by atoms with E-state index in [4.69, 9.17) is 30.6 Å². The summed E-state index contributed by atoms with van der Waals surface area (Å²) in [6.07, 6.45) is 2.25. The van der Waals surface area contributed by atoms with Crippen molar-refractivity contribution < 1.29 is 19.5 Å². The van der Waals surface area contributed by atoms with Crippen molar-refractivity contribution in [2.75, 3.05) is 0 Å². The number of aromatic hydroxyl groups is 1. The molecule has 1 aromatic rings. The minimum Gasteiger partial charge on any atom is -0.507 e. The van der Waals surface area contributed by atoms with Gasteiger partial charge >= 0.3 is 0 Å². The standard InChI is InChI=1S/C15H24O.3CHNO/c1-10-8-11(14(2,3)4)13(16)12(9-10)15(5,6)7;3*2-1-3/h8-9,16H,1-7H3;3*2H. The Morgan fingerprint density at radius 3 is 1.12 bits per heavy atom. The van der Waals surface area contributed by atoms with Crippen molar-refractivity contribution in [3.63, 3.8) is 0 Å². The molecule has 138 valence electrons. The van der Waals surface area contributed by atoms with Gasteiger partial charge in [-0.25, -0.2) is 30.6 Å². The highest BCUT2D eigenvalue weighted by Gasteiger charge is 2.25. The molecule has 1 aromatic carbocycles. The predicted molar refractivity (Wildman–Crippen MR) is 95.5 cm³/mol. The molecule has 1 rings (SSSR count). The first-order valence-electron chi connectivity index (χ1n) is 7.24. The highest BCUT2D eigenvalue weighted by Crippen LogP contribution is 2.39. The van der Waals surface area contributed by atoms with Crippen LogP contribution in [0.5, 0.6) is 5.75 Å². The zero-order valence-electron chi connectivity index (χ0n) is 15.8. The molecular weight excluding hydrogens is 322 g/mol. The zero-order chi connectivity index (χ0) is 20.8. The summed E-state index contributed by atoms with van der Waals surface area (Å²) < 4.78 is 0. The molecule has 0 aliphatic heterocycles. The van der Waals surface area contributed by atoms with E-state index in [1.807, 2.05) is 0 Å². The fraction of sp³-hybridized carbons (Fsp3) is 0.500. The van der Waals surface area contributed by atoms with Crippen molar-refractivity contribution in [2.45, 2.75) is 59.3 Å². The molecule has 0 spiro atoms. The predicted octanol–water partition coefficient (Wildman–Crippen LogP) is 4.00. The van der Waals surface area contributed by atoms with Gasteiger partial charge in [0.15, 0.2) is 0 Å². The van der Waals surface area contributed by atoms with E-state index in [1.54, 1.807) is 0 Å². The minimum absolute atomic E-state index is 0.0178. The topological polar surface area (TPSA) is 143 Å². The highest BCUT2D eigenvalue weighted by molar-refractivity contribution is 5.49. The first-order chi connectivity index (χ1) is 11.3. The number of rotatable bonds is 0. The molecule has 0 saturated heterocycles. The normalized spacial score (nSPS) is 9.24. The molecule has 0 unspecified atom stereocenters. The second-order valence-electron chi connectivity index (χ2n) is 7.01. The average Bonchev–Trinajstić information content (AvgIpc) is 2.41. The Kier molecular flexibility index (Phi) is 13.6. The van der Waals surface area contributed by atoms with Crippen LogP contribution >= 0.6 is 0 Å². The van der Waals surface area contributed by atoms with Crippen LogP contribution in [0.25, 0.3) is 0 Å². The smallest absolute Gasteiger partial charge is 0.231 e. The maximum Gasteiger partial charge on any atom is 0.231 e. The summed E-state index contributed by atoms with van der Waals surface area (Å²) in [5.41, 5.74) is 3.26. The van der Waals surface area contributed by atoms with Crippen molar-refractivity contribution in [3.05, 3.63) is 28.8 Å².